The van der Waals surface area contributed by atoms with Gasteiger partial charge < -0.3 is 10.5 Å². The Labute approximate surface area is 101 Å². The van der Waals surface area contributed by atoms with Crippen molar-refractivity contribution in [1.29, 1.82) is 0 Å². The fraction of sp³-hybridized carbons (Fsp3) is 0.308. The number of aryl methyl sites for hydroxylation is 1. The van der Waals surface area contributed by atoms with E-state index in [-0.39, 0.29) is 0 Å². The van der Waals surface area contributed by atoms with Crippen molar-refractivity contribution in [2.45, 2.75) is 26.4 Å². The van der Waals surface area contributed by atoms with Gasteiger partial charge in [0.25, 0.3) is 0 Å². The van der Waals surface area contributed by atoms with Gasteiger partial charge in [0.05, 0.1) is 12.4 Å². The summed E-state index contributed by atoms with van der Waals surface area (Å²) in [6, 6.07) is 7.77. The summed E-state index contributed by atoms with van der Waals surface area (Å²) in [6.45, 7) is 3.55. The molecule has 90 valence electrons. The van der Waals surface area contributed by atoms with Gasteiger partial charge in [0, 0.05) is 13.1 Å². The van der Waals surface area contributed by atoms with Crippen molar-refractivity contribution in [1.82, 2.24) is 9.78 Å². The van der Waals surface area contributed by atoms with Gasteiger partial charge in [-0.2, -0.15) is 5.10 Å². The molecular formula is C13H17N3O. The van der Waals surface area contributed by atoms with E-state index in [0.717, 1.165) is 30.0 Å². The van der Waals surface area contributed by atoms with E-state index >= 15 is 0 Å². The Balaban J connectivity index is 2.08. The molecule has 4 nitrogen and oxygen atoms in total. The molecule has 0 aliphatic heterocycles. The van der Waals surface area contributed by atoms with Gasteiger partial charge in [-0.05, 0) is 24.1 Å². The smallest absolute Gasteiger partial charge is 0.165 e. The van der Waals surface area contributed by atoms with E-state index in [1.54, 1.807) is 6.20 Å². The molecule has 0 bridgehead atoms. The molecule has 4 heteroatoms. The molecule has 0 amide bonds. The summed E-state index contributed by atoms with van der Waals surface area (Å²) in [7, 11) is 0. The van der Waals surface area contributed by atoms with Crippen LogP contribution in [0.25, 0.3) is 0 Å². The highest BCUT2D eigenvalue weighted by molar-refractivity contribution is 5.32. The van der Waals surface area contributed by atoms with Crippen LogP contribution in [0.3, 0.4) is 0 Å². The molecule has 17 heavy (non-hydrogen) atoms. The fourth-order valence-electron chi connectivity index (χ4n) is 1.62. The predicted molar refractivity (Wildman–Crippen MR) is 66.9 cm³/mol. The second-order valence-electron chi connectivity index (χ2n) is 3.89. The van der Waals surface area contributed by atoms with E-state index in [9.17, 15) is 0 Å². The summed E-state index contributed by atoms with van der Waals surface area (Å²) in [5.41, 5.74) is 6.64. The molecule has 1 heterocycles. The molecule has 0 unspecified atom stereocenters. The first-order valence-electron chi connectivity index (χ1n) is 5.81. The van der Waals surface area contributed by atoms with Crippen LogP contribution in [0.5, 0.6) is 11.5 Å². The second-order valence-corrected chi connectivity index (χ2v) is 3.89. The van der Waals surface area contributed by atoms with E-state index in [2.05, 4.69) is 12.0 Å². The molecule has 0 spiro atoms. The molecule has 2 N–H and O–H groups in total. The zero-order valence-electron chi connectivity index (χ0n) is 9.97. The summed E-state index contributed by atoms with van der Waals surface area (Å²) >= 11 is 0. The molecule has 1 aromatic carbocycles. The van der Waals surface area contributed by atoms with E-state index < -0.39 is 0 Å². The van der Waals surface area contributed by atoms with Gasteiger partial charge in [-0.15, -0.1) is 0 Å². The largest absolute Gasteiger partial charge is 0.454 e. The maximum atomic E-state index is 5.71. The minimum absolute atomic E-state index is 0.520. The number of ether oxygens (including phenoxy) is 1. The minimum Gasteiger partial charge on any atom is -0.454 e. The van der Waals surface area contributed by atoms with Crippen LogP contribution in [0.2, 0.25) is 0 Å². The molecule has 0 saturated heterocycles. The van der Waals surface area contributed by atoms with Crippen molar-refractivity contribution in [2.75, 3.05) is 0 Å². The lowest BCUT2D eigenvalue weighted by Crippen LogP contribution is -1.96. The summed E-state index contributed by atoms with van der Waals surface area (Å²) in [5, 5.41) is 4.21. The number of aromatic nitrogens is 2. The summed E-state index contributed by atoms with van der Waals surface area (Å²) < 4.78 is 7.59. The van der Waals surface area contributed by atoms with E-state index in [4.69, 9.17) is 10.5 Å². The standard InChI is InChI=1S/C13H17N3O/c1-2-6-16-10-13(9-15-16)17-12-5-3-4-11(7-12)8-14/h3-5,7,9-10H,2,6,8,14H2,1H3. The van der Waals surface area contributed by atoms with Crippen LogP contribution >= 0.6 is 0 Å². The fourth-order valence-corrected chi connectivity index (χ4v) is 1.62. The van der Waals surface area contributed by atoms with Gasteiger partial charge in [-0.3, -0.25) is 4.68 Å². The zero-order valence-corrected chi connectivity index (χ0v) is 9.97. The normalized spacial score (nSPS) is 10.5. The molecule has 0 radical (unpaired) electrons. The Morgan fingerprint density at radius 1 is 1.35 bits per heavy atom. The lowest BCUT2D eigenvalue weighted by molar-refractivity contribution is 0.480. The molecular weight excluding hydrogens is 214 g/mol. The van der Waals surface area contributed by atoms with Crippen LogP contribution in [0.1, 0.15) is 18.9 Å². The molecule has 0 saturated carbocycles. The average molecular weight is 231 g/mol. The van der Waals surface area contributed by atoms with Crippen molar-refractivity contribution < 1.29 is 4.74 Å². The predicted octanol–water partition coefficient (Wildman–Crippen LogP) is 2.54. The lowest BCUT2D eigenvalue weighted by Gasteiger charge is -2.04. The van der Waals surface area contributed by atoms with Gasteiger partial charge in [0.2, 0.25) is 0 Å². The number of hydrogen-bond acceptors (Lipinski definition) is 3. The summed E-state index contributed by atoms with van der Waals surface area (Å²) in [4.78, 5) is 0. The molecule has 0 aliphatic rings. The highest BCUT2D eigenvalue weighted by Crippen LogP contribution is 2.21. The zero-order chi connectivity index (χ0) is 12.1. The van der Waals surface area contributed by atoms with Gasteiger partial charge >= 0.3 is 0 Å². The van der Waals surface area contributed by atoms with Gasteiger partial charge in [-0.1, -0.05) is 19.1 Å². The van der Waals surface area contributed by atoms with E-state index in [1.165, 1.54) is 0 Å². The van der Waals surface area contributed by atoms with Crippen LogP contribution in [-0.4, -0.2) is 9.78 Å². The SMILES string of the molecule is CCCn1cc(Oc2cccc(CN)c2)cn1. The molecule has 1 aromatic heterocycles. The Kier molecular flexibility index (Phi) is 3.77. The maximum absolute atomic E-state index is 5.71. The number of nitrogens with zero attached hydrogens (tertiary/aromatic N) is 2. The molecule has 2 rings (SSSR count). The topological polar surface area (TPSA) is 53.1 Å². The van der Waals surface area contributed by atoms with Gasteiger partial charge in [0.1, 0.15) is 5.75 Å². The number of hydrogen-bond donors (Lipinski definition) is 1. The van der Waals surface area contributed by atoms with Crippen LogP contribution in [0, 0.1) is 0 Å². The maximum Gasteiger partial charge on any atom is 0.165 e. The van der Waals surface area contributed by atoms with Gasteiger partial charge in [0.15, 0.2) is 5.75 Å². The van der Waals surface area contributed by atoms with E-state index in [1.807, 2.05) is 35.1 Å². The second kappa shape index (κ2) is 5.50. The Morgan fingerprint density at radius 2 is 2.24 bits per heavy atom. The first-order chi connectivity index (χ1) is 8.31. The van der Waals surface area contributed by atoms with Crippen LogP contribution in [-0.2, 0) is 13.1 Å². The third kappa shape index (κ3) is 3.07. The first kappa shape index (κ1) is 11.7. The van der Waals surface area contributed by atoms with E-state index in [0.29, 0.717) is 6.54 Å². The quantitative estimate of drug-likeness (QED) is 0.860. The van der Waals surface area contributed by atoms with Crippen molar-refractivity contribution in [3.63, 3.8) is 0 Å². The summed E-state index contributed by atoms with van der Waals surface area (Å²) in [6.07, 6.45) is 4.69. The van der Waals surface area contributed by atoms with Crippen LogP contribution < -0.4 is 10.5 Å². The number of nitrogens with two attached hydrogens (primary N) is 1. The monoisotopic (exact) mass is 231 g/mol. The number of benzene rings is 1. The third-order valence-corrected chi connectivity index (χ3v) is 2.43. The van der Waals surface area contributed by atoms with Crippen LogP contribution in [0.15, 0.2) is 36.7 Å². The highest BCUT2D eigenvalue weighted by Gasteiger charge is 2.01. The molecule has 0 fully saturated rings. The third-order valence-electron chi connectivity index (χ3n) is 2.43. The molecule has 0 atom stereocenters. The molecule has 2 aromatic rings. The average Bonchev–Trinajstić information content (AvgIpc) is 2.77. The Bertz CT molecular complexity index is 479. The highest BCUT2D eigenvalue weighted by atomic mass is 16.5. The van der Waals surface area contributed by atoms with Crippen molar-refractivity contribution in [3.05, 3.63) is 42.2 Å². The Morgan fingerprint density at radius 3 is 3.00 bits per heavy atom. The number of rotatable bonds is 5. The van der Waals surface area contributed by atoms with Crippen molar-refractivity contribution in [2.24, 2.45) is 5.73 Å². The first-order valence-corrected chi connectivity index (χ1v) is 5.81. The lowest BCUT2D eigenvalue weighted by atomic mass is 10.2. The Hall–Kier alpha value is -1.81. The molecule has 0 aliphatic carbocycles. The van der Waals surface area contributed by atoms with Gasteiger partial charge in [-0.25, -0.2) is 0 Å². The van der Waals surface area contributed by atoms with Crippen molar-refractivity contribution >= 4 is 0 Å². The minimum atomic E-state index is 0.520. The van der Waals surface area contributed by atoms with Crippen molar-refractivity contribution in [3.8, 4) is 11.5 Å². The van der Waals surface area contributed by atoms with Crippen LogP contribution in [0.4, 0.5) is 0 Å². The summed E-state index contributed by atoms with van der Waals surface area (Å²) in [5.74, 6) is 1.55.